The molecule has 1 atom stereocenters. The van der Waals surface area contributed by atoms with E-state index < -0.39 is 17.8 Å². The van der Waals surface area contributed by atoms with Crippen LogP contribution in [-0.2, 0) is 4.74 Å². The Morgan fingerprint density at radius 1 is 1.44 bits per heavy atom. The summed E-state index contributed by atoms with van der Waals surface area (Å²) in [5.74, 6) is 0.240. The summed E-state index contributed by atoms with van der Waals surface area (Å²) >= 11 is 0. The molecule has 3 N–H and O–H groups in total. The predicted molar refractivity (Wildman–Crippen MR) is 95.7 cm³/mol. The van der Waals surface area contributed by atoms with Crippen LogP contribution in [0, 0.1) is 0 Å². The highest BCUT2D eigenvalue weighted by molar-refractivity contribution is 5.99. The third-order valence-corrected chi connectivity index (χ3v) is 3.72. The van der Waals surface area contributed by atoms with Crippen molar-refractivity contribution in [3.63, 3.8) is 0 Å². The predicted octanol–water partition coefficient (Wildman–Crippen LogP) is 2.41. The molecular formula is C18H27N3O4. The van der Waals surface area contributed by atoms with Gasteiger partial charge in [-0.2, -0.15) is 0 Å². The number of ether oxygens (including phenoxy) is 2. The highest BCUT2D eigenvalue weighted by Crippen LogP contribution is 2.31. The van der Waals surface area contributed by atoms with Crippen LogP contribution in [0.2, 0.25) is 0 Å². The maximum Gasteiger partial charge on any atom is 0.407 e. The Kier molecular flexibility index (Phi) is 5.45. The van der Waals surface area contributed by atoms with E-state index >= 15 is 0 Å². The minimum absolute atomic E-state index is 0.00694. The topological polar surface area (TPSA) is 93.9 Å². The van der Waals surface area contributed by atoms with Gasteiger partial charge in [0.25, 0.3) is 5.91 Å². The van der Waals surface area contributed by atoms with E-state index in [0.717, 1.165) is 0 Å². The molecule has 7 heteroatoms. The summed E-state index contributed by atoms with van der Waals surface area (Å²) in [6.45, 7) is 9.82. The maximum absolute atomic E-state index is 12.8. The number of amides is 2. The summed E-state index contributed by atoms with van der Waals surface area (Å²) in [5.41, 5.74) is 6.25. The highest BCUT2D eigenvalue weighted by Gasteiger charge is 2.31. The summed E-state index contributed by atoms with van der Waals surface area (Å²) in [6.07, 6.45) is -0.950. The van der Waals surface area contributed by atoms with Gasteiger partial charge in [0.05, 0.1) is 24.3 Å². The van der Waals surface area contributed by atoms with E-state index in [4.69, 9.17) is 15.2 Å². The van der Waals surface area contributed by atoms with Crippen molar-refractivity contribution in [2.75, 3.05) is 18.8 Å². The summed E-state index contributed by atoms with van der Waals surface area (Å²) in [7, 11) is 0. The molecular weight excluding hydrogens is 322 g/mol. The molecule has 138 valence electrons. The number of rotatable bonds is 3. The number of benzene rings is 1. The number of fused-ring (bicyclic) bond motifs is 1. The average Bonchev–Trinajstić information content (AvgIpc) is 2.62. The fourth-order valence-corrected chi connectivity index (χ4v) is 2.58. The van der Waals surface area contributed by atoms with Gasteiger partial charge in [0.2, 0.25) is 0 Å². The lowest BCUT2D eigenvalue weighted by atomic mass is 10.1. The second-order valence-corrected chi connectivity index (χ2v) is 7.40. The minimum Gasteiger partial charge on any atom is -0.484 e. The Morgan fingerprint density at radius 3 is 2.72 bits per heavy atom. The van der Waals surface area contributed by atoms with Crippen LogP contribution in [0.15, 0.2) is 18.2 Å². The Balaban J connectivity index is 2.18. The second-order valence-electron chi connectivity index (χ2n) is 7.40. The van der Waals surface area contributed by atoms with Crippen molar-refractivity contribution in [1.29, 1.82) is 0 Å². The zero-order valence-corrected chi connectivity index (χ0v) is 15.5. The first-order chi connectivity index (χ1) is 11.6. The molecule has 0 spiro atoms. The molecule has 1 aromatic carbocycles. The fraction of sp³-hybridized carbons (Fsp3) is 0.556. The van der Waals surface area contributed by atoms with Crippen LogP contribution in [0.5, 0.6) is 5.75 Å². The molecule has 0 bridgehead atoms. The summed E-state index contributed by atoms with van der Waals surface area (Å²) in [4.78, 5) is 26.4. The van der Waals surface area contributed by atoms with E-state index in [0.29, 0.717) is 23.5 Å². The number of nitrogens with zero attached hydrogens (tertiary/aromatic N) is 1. The van der Waals surface area contributed by atoms with Gasteiger partial charge in [-0.05, 0) is 46.8 Å². The highest BCUT2D eigenvalue weighted by atomic mass is 16.6. The lowest BCUT2D eigenvalue weighted by Gasteiger charge is -2.28. The lowest BCUT2D eigenvalue weighted by Crippen LogP contribution is -2.46. The van der Waals surface area contributed by atoms with E-state index in [1.807, 2.05) is 13.8 Å². The number of hydrogen-bond donors (Lipinski definition) is 2. The van der Waals surface area contributed by atoms with Crippen LogP contribution in [0.4, 0.5) is 10.5 Å². The van der Waals surface area contributed by atoms with Crippen LogP contribution >= 0.6 is 0 Å². The normalized spacial score (nSPS) is 17.6. The Morgan fingerprint density at radius 2 is 2.12 bits per heavy atom. The van der Waals surface area contributed by atoms with Gasteiger partial charge in [-0.25, -0.2) is 4.79 Å². The quantitative estimate of drug-likeness (QED) is 0.817. The van der Waals surface area contributed by atoms with Crippen LogP contribution in [0.3, 0.4) is 0 Å². The van der Waals surface area contributed by atoms with Crippen molar-refractivity contribution in [2.24, 2.45) is 0 Å². The summed E-state index contributed by atoms with van der Waals surface area (Å²) < 4.78 is 11.2. The number of nitrogens with one attached hydrogen (secondary N) is 1. The maximum atomic E-state index is 12.8. The zero-order chi connectivity index (χ0) is 18.8. The van der Waals surface area contributed by atoms with Crippen LogP contribution in [0.25, 0.3) is 0 Å². The van der Waals surface area contributed by atoms with E-state index in [2.05, 4.69) is 5.32 Å². The van der Waals surface area contributed by atoms with Gasteiger partial charge in [0.15, 0.2) is 5.75 Å². The number of nitrogen functional groups attached to an aromatic ring is 1. The van der Waals surface area contributed by atoms with Gasteiger partial charge in [-0.3, -0.25) is 4.79 Å². The van der Waals surface area contributed by atoms with Crippen molar-refractivity contribution in [1.82, 2.24) is 10.2 Å². The smallest absolute Gasteiger partial charge is 0.407 e. The minimum atomic E-state index is -0.578. The van der Waals surface area contributed by atoms with Crippen LogP contribution in [-0.4, -0.2) is 47.7 Å². The number of anilines is 1. The molecule has 0 aromatic heterocycles. The molecule has 25 heavy (non-hydrogen) atoms. The first-order valence-electron chi connectivity index (χ1n) is 8.41. The average molecular weight is 349 g/mol. The van der Waals surface area contributed by atoms with E-state index in [1.54, 1.807) is 43.9 Å². The first kappa shape index (κ1) is 18.9. The second kappa shape index (κ2) is 7.21. The standard InChI is InChI=1S/C18H27N3O4/c1-11(2)21-10-12(9-20-17(23)25-18(3,4)5)24-15-13(16(21)22)7-6-8-14(15)19/h6-8,11-12H,9-10,19H2,1-5H3,(H,20,23)/t12-/m0/s1. The fourth-order valence-electron chi connectivity index (χ4n) is 2.58. The van der Waals surface area contributed by atoms with Crippen molar-refractivity contribution in [2.45, 2.75) is 52.4 Å². The molecule has 0 aliphatic carbocycles. The largest absolute Gasteiger partial charge is 0.484 e. The summed E-state index contributed by atoms with van der Waals surface area (Å²) in [5, 5.41) is 2.70. The Bertz CT molecular complexity index is 652. The number of carbonyl (C=O) groups excluding carboxylic acids is 2. The van der Waals surface area contributed by atoms with Gasteiger partial charge >= 0.3 is 6.09 Å². The number of para-hydroxylation sites is 1. The first-order valence-corrected chi connectivity index (χ1v) is 8.41. The lowest BCUT2D eigenvalue weighted by molar-refractivity contribution is 0.0481. The van der Waals surface area contributed by atoms with Crippen molar-refractivity contribution >= 4 is 17.7 Å². The molecule has 1 heterocycles. The van der Waals surface area contributed by atoms with Gasteiger partial charge in [-0.1, -0.05) is 6.07 Å². The molecule has 0 saturated heterocycles. The monoisotopic (exact) mass is 349 g/mol. The SMILES string of the molecule is CC(C)N1C[C@H](CNC(=O)OC(C)(C)C)Oc2c(N)cccc2C1=O. The van der Waals surface area contributed by atoms with E-state index in [-0.39, 0.29) is 18.5 Å². The molecule has 0 fully saturated rings. The third kappa shape index (κ3) is 4.78. The van der Waals surface area contributed by atoms with Crippen LogP contribution < -0.4 is 15.8 Å². The molecule has 1 aliphatic rings. The molecule has 7 nitrogen and oxygen atoms in total. The molecule has 1 aromatic rings. The number of hydrogen-bond acceptors (Lipinski definition) is 5. The van der Waals surface area contributed by atoms with E-state index in [1.165, 1.54) is 0 Å². The number of nitrogens with two attached hydrogens (primary N) is 1. The summed E-state index contributed by atoms with van der Waals surface area (Å²) in [6, 6.07) is 5.11. The molecule has 0 unspecified atom stereocenters. The third-order valence-electron chi connectivity index (χ3n) is 3.72. The molecule has 1 aliphatic heterocycles. The Labute approximate surface area is 148 Å². The van der Waals surface area contributed by atoms with Gasteiger partial charge in [0.1, 0.15) is 11.7 Å². The van der Waals surface area contributed by atoms with Gasteiger partial charge < -0.3 is 25.4 Å². The molecule has 0 saturated carbocycles. The molecule has 0 radical (unpaired) electrons. The molecule has 2 rings (SSSR count). The van der Waals surface area contributed by atoms with Crippen molar-refractivity contribution in [3.05, 3.63) is 23.8 Å². The number of alkyl carbamates (subject to hydrolysis) is 1. The van der Waals surface area contributed by atoms with Crippen LogP contribution in [0.1, 0.15) is 45.0 Å². The van der Waals surface area contributed by atoms with Crippen molar-refractivity contribution in [3.8, 4) is 5.75 Å². The van der Waals surface area contributed by atoms with Gasteiger partial charge in [-0.15, -0.1) is 0 Å². The van der Waals surface area contributed by atoms with Gasteiger partial charge in [0, 0.05) is 6.04 Å². The molecule has 2 amide bonds. The zero-order valence-electron chi connectivity index (χ0n) is 15.5. The van der Waals surface area contributed by atoms with Crippen molar-refractivity contribution < 1.29 is 19.1 Å². The van der Waals surface area contributed by atoms with E-state index in [9.17, 15) is 9.59 Å². The Hall–Kier alpha value is -2.44. The number of carbonyl (C=O) groups is 2.